The number of thiophene rings is 1. The Kier molecular flexibility index (Phi) is 9.40. The monoisotopic (exact) mass is 871 g/mol. The average Bonchev–Trinajstić information content (AvgIpc) is 3.98. The van der Waals surface area contributed by atoms with Crippen molar-refractivity contribution in [3.8, 4) is 55.6 Å². The lowest BCUT2D eigenvalue weighted by atomic mass is 9.94. The van der Waals surface area contributed by atoms with Crippen LogP contribution in [0.4, 0.5) is 17.1 Å². The fourth-order valence-electron chi connectivity index (χ4n) is 10.0. The van der Waals surface area contributed by atoms with Gasteiger partial charge in [-0.15, -0.1) is 11.3 Å². The Labute approximate surface area is 392 Å². The Bertz CT molecular complexity index is 3950. The van der Waals surface area contributed by atoms with E-state index in [0.29, 0.717) is 0 Å². The molecule has 0 radical (unpaired) electrons. The Morgan fingerprint density at radius 2 is 0.896 bits per heavy atom. The molecule has 0 saturated carbocycles. The van der Waals surface area contributed by atoms with Crippen LogP contribution in [-0.4, -0.2) is 0 Å². The van der Waals surface area contributed by atoms with Gasteiger partial charge in [-0.05, 0) is 115 Å². The van der Waals surface area contributed by atoms with Crippen LogP contribution in [0, 0.1) is 0 Å². The number of hydrogen-bond donors (Lipinski definition) is 0. The van der Waals surface area contributed by atoms with E-state index in [1.807, 2.05) is 11.3 Å². The van der Waals surface area contributed by atoms with Crippen molar-refractivity contribution in [3.05, 3.63) is 249 Å². The highest BCUT2D eigenvalue weighted by atomic mass is 32.1. The smallest absolute Gasteiger partial charge is 0.145 e. The predicted molar refractivity (Wildman–Crippen MR) is 286 cm³/mol. The van der Waals surface area contributed by atoms with Crippen LogP contribution in [-0.2, 0) is 0 Å². The Hall–Kier alpha value is -8.50. The van der Waals surface area contributed by atoms with Gasteiger partial charge in [-0.25, -0.2) is 0 Å². The van der Waals surface area contributed by atoms with Crippen molar-refractivity contribution >= 4 is 81.3 Å². The van der Waals surface area contributed by atoms with Gasteiger partial charge in [0.25, 0.3) is 0 Å². The number of benzene rings is 11. The summed E-state index contributed by atoms with van der Waals surface area (Å²) in [6.07, 6.45) is 0. The second kappa shape index (κ2) is 16.2. The molecule has 0 bridgehead atoms. The molecule has 13 aromatic rings. The van der Waals surface area contributed by atoms with Gasteiger partial charge in [0.15, 0.2) is 0 Å². The van der Waals surface area contributed by atoms with E-state index in [1.54, 1.807) is 0 Å². The number of nitrogens with zero attached hydrogens (tertiary/aromatic N) is 1. The summed E-state index contributed by atoms with van der Waals surface area (Å²) in [4.78, 5) is 2.46. The first kappa shape index (κ1) is 38.9. The van der Waals surface area contributed by atoms with Crippen molar-refractivity contribution in [3.63, 3.8) is 0 Å². The van der Waals surface area contributed by atoms with Gasteiger partial charge >= 0.3 is 0 Å². The second-order valence-electron chi connectivity index (χ2n) is 17.2. The summed E-state index contributed by atoms with van der Waals surface area (Å²) in [6, 6.07) is 90.0. The van der Waals surface area contributed by atoms with Crippen molar-refractivity contribution < 1.29 is 4.42 Å². The van der Waals surface area contributed by atoms with Gasteiger partial charge in [0.05, 0.1) is 21.5 Å². The quantitative estimate of drug-likeness (QED) is 0.151. The molecule has 0 aliphatic carbocycles. The highest BCUT2D eigenvalue weighted by Crippen LogP contribution is 2.50. The van der Waals surface area contributed by atoms with Gasteiger partial charge in [0.2, 0.25) is 0 Å². The zero-order valence-electron chi connectivity index (χ0n) is 36.4. The first-order valence-corrected chi connectivity index (χ1v) is 23.6. The van der Waals surface area contributed by atoms with Gasteiger partial charge in [-0.2, -0.15) is 0 Å². The number of anilines is 3. The van der Waals surface area contributed by atoms with E-state index in [4.69, 9.17) is 4.42 Å². The lowest BCUT2D eigenvalue weighted by Crippen LogP contribution is -2.10. The largest absolute Gasteiger partial charge is 0.455 e. The summed E-state index contributed by atoms with van der Waals surface area (Å²) in [5.41, 5.74) is 16.7. The van der Waals surface area contributed by atoms with Crippen molar-refractivity contribution in [1.82, 2.24) is 0 Å². The van der Waals surface area contributed by atoms with Crippen LogP contribution in [0.25, 0.3) is 109 Å². The highest BCUT2D eigenvalue weighted by molar-refractivity contribution is 7.26. The number of rotatable bonds is 8. The Morgan fingerprint density at radius 1 is 0.328 bits per heavy atom. The Balaban J connectivity index is 1.03. The minimum atomic E-state index is 0.857. The number of hydrogen-bond acceptors (Lipinski definition) is 3. The minimum Gasteiger partial charge on any atom is -0.455 e. The summed E-state index contributed by atoms with van der Waals surface area (Å²) >= 11 is 1.86. The van der Waals surface area contributed by atoms with E-state index in [-0.39, 0.29) is 0 Å². The van der Waals surface area contributed by atoms with Crippen LogP contribution in [0.5, 0.6) is 0 Å². The predicted octanol–water partition coefficient (Wildman–Crippen LogP) is 18.9. The fourth-order valence-corrected chi connectivity index (χ4v) is 11.3. The van der Waals surface area contributed by atoms with Crippen molar-refractivity contribution in [1.29, 1.82) is 0 Å². The molecule has 0 N–H and O–H groups in total. The first-order valence-electron chi connectivity index (χ1n) is 22.8. The molecule has 67 heavy (non-hydrogen) atoms. The molecular formula is C64H41NOS. The van der Waals surface area contributed by atoms with Crippen molar-refractivity contribution in [2.75, 3.05) is 4.90 Å². The van der Waals surface area contributed by atoms with E-state index in [9.17, 15) is 0 Å². The molecule has 0 aliphatic heterocycles. The van der Waals surface area contributed by atoms with Crippen LogP contribution >= 0.6 is 11.3 Å². The number of furan rings is 1. The zero-order chi connectivity index (χ0) is 44.3. The summed E-state index contributed by atoms with van der Waals surface area (Å²) in [6.45, 7) is 0. The molecule has 0 saturated heterocycles. The van der Waals surface area contributed by atoms with Gasteiger partial charge < -0.3 is 9.32 Å². The highest BCUT2D eigenvalue weighted by Gasteiger charge is 2.25. The van der Waals surface area contributed by atoms with Crippen molar-refractivity contribution in [2.45, 2.75) is 0 Å². The topological polar surface area (TPSA) is 16.4 Å². The van der Waals surface area contributed by atoms with Crippen LogP contribution in [0.3, 0.4) is 0 Å². The molecule has 0 aliphatic rings. The lowest BCUT2D eigenvalue weighted by Gasteiger charge is -2.27. The summed E-state index contributed by atoms with van der Waals surface area (Å²) < 4.78 is 9.57. The maximum absolute atomic E-state index is 7.08. The SMILES string of the molecule is c1ccc(-c2ccc3c(c2)oc2c(-c4ccccc4)ccc(N(c4ccc(-c5ccc6cccc(-c7ccccc7)c6c5)cc4)c4cccc5c4sc4cc(-c6ccccc6)ccc45)c23)cc1. The van der Waals surface area contributed by atoms with Crippen LogP contribution in [0.2, 0.25) is 0 Å². The molecule has 0 unspecified atom stereocenters. The fraction of sp³-hybridized carbons (Fsp3) is 0. The number of fused-ring (bicyclic) bond motifs is 7. The van der Waals surface area contributed by atoms with E-state index >= 15 is 0 Å². The molecule has 0 spiro atoms. The second-order valence-corrected chi connectivity index (χ2v) is 18.3. The molecule has 13 rings (SSSR count). The molecule has 0 fully saturated rings. The maximum atomic E-state index is 7.08. The third-order valence-corrected chi connectivity index (χ3v) is 14.5. The zero-order valence-corrected chi connectivity index (χ0v) is 37.3. The normalized spacial score (nSPS) is 11.6. The van der Waals surface area contributed by atoms with Crippen molar-refractivity contribution in [2.24, 2.45) is 0 Å². The van der Waals surface area contributed by atoms with Crippen LogP contribution < -0.4 is 4.90 Å². The van der Waals surface area contributed by atoms with E-state index in [1.165, 1.54) is 58.8 Å². The standard InChI is InChI=1S/C64H41NOS/c1-5-15-42(16-6-1)49-32-36-56-60(40-49)66-63-53(46-21-11-4-12-22-46)37-38-58(62(56)63)65(59-26-14-25-55-54-35-31-50(41-61(54)67-64(55)59)43-17-7-2-8-18-43)51-33-29-44(30-34-51)48-28-27-47-23-13-24-52(57(47)39-48)45-19-9-3-10-20-45/h1-41H. The summed E-state index contributed by atoms with van der Waals surface area (Å²) in [7, 11) is 0. The summed E-state index contributed by atoms with van der Waals surface area (Å²) in [5.74, 6) is 0. The molecule has 3 heteroatoms. The first-order chi connectivity index (χ1) is 33.2. The van der Waals surface area contributed by atoms with Gasteiger partial charge in [0, 0.05) is 32.1 Å². The molecule has 2 aromatic heterocycles. The van der Waals surface area contributed by atoms with E-state index in [0.717, 1.165) is 66.8 Å². The minimum absolute atomic E-state index is 0.857. The van der Waals surface area contributed by atoms with E-state index < -0.39 is 0 Å². The molecular weight excluding hydrogens is 831 g/mol. The molecule has 11 aromatic carbocycles. The van der Waals surface area contributed by atoms with Gasteiger partial charge in [-0.3, -0.25) is 0 Å². The van der Waals surface area contributed by atoms with Gasteiger partial charge in [-0.1, -0.05) is 194 Å². The van der Waals surface area contributed by atoms with Gasteiger partial charge in [0.1, 0.15) is 11.2 Å². The molecule has 0 amide bonds. The molecule has 0 atom stereocenters. The van der Waals surface area contributed by atoms with E-state index in [2.05, 4.69) is 254 Å². The lowest BCUT2D eigenvalue weighted by molar-refractivity contribution is 0.670. The van der Waals surface area contributed by atoms with Crippen LogP contribution in [0.1, 0.15) is 0 Å². The maximum Gasteiger partial charge on any atom is 0.145 e. The molecule has 314 valence electrons. The molecule has 2 heterocycles. The average molecular weight is 872 g/mol. The van der Waals surface area contributed by atoms with Crippen LogP contribution in [0.15, 0.2) is 253 Å². The summed E-state index contributed by atoms with van der Waals surface area (Å²) in [5, 5.41) is 7.12. The third kappa shape index (κ3) is 6.79. The third-order valence-electron chi connectivity index (χ3n) is 13.3. The Morgan fingerprint density at radius 3 is 1.60 bits per heavy atom. The molecule has 2 nitrogen and oxygen atoms in total.